The van der Waals surface area contributed by atoms with Crippen LogP contribution in [0.1, 0.15) is 52.9 Å². The lowest BCUT2D eigenvalue weighted by Crippen LogP contribution is -2.14. The van der Waals surface area contributed by atoms with Crippen LogP contribution in [0.25, 0.3) is 0 Å². The molecule has 0 fully saturated rings. The summed E-state index contributed by atoms with van der Waals surface area (Å²) in [6.07, 6.45) is 4.63. The Balaban J connectivity index is 3.98. The first-order valence-electron chi connectivity index (χ1n) is 5.93. The highest BCUT2D eigenvalue weighted by Gasteiger charge is 2.16. The predicted octanol–water partition coefficient (Wildman–Crippen LogP) is 3.17. The van der Waals surface area contributed by atoms with Crippen molar-refractivity contribution in [3.05, 3.63) is 0 Å². The van der Waals surface area contributed by atoms with Crippen molar-refractivity contribution in [2.45, 2.75) is 58.1 Å². The van der Waals surface area contributed by atoms with E-state index in [9.17, 15) is 9.59 Å². The molecule has 0 saturated carbocycles. The van der Waals surface area contributed by atoms with Crippen molar-refractivity contribution in [1.29, 1.82) is 0 Å². The van der Waals surface area contributed by atoms with Gasteiger partial charge in [0, 0.05) is 12.2 Å². The summed E-state index contributed by atoms with van der Waals surface area (Å²) < 4.78 is 4.90. The van der Waals surface area contributed by atoms with Gasteiger partial charge in [-0.1, -0.05) is 37.9 Å². The van der Waals surface area contributed by atoms with E-state index in [2.05, 4.69) is 6.92 Å². The maximum Gasteiger partial charge on any atom is 0.306 e. The molecule has 1 unspecified atom stereocenters. The number of carbonyl (C=O) groups is 2. The molecule has 1 atom stereocenters. The fraction of sp³-hybridized carbons (Fsp3) is 0.833. The van der Waals surface area contributed by atoms with Crippen molar-refractivity contribution in [2.24, 2.45) is 0 Å². The second-order valence-electron chi connectivity index (χ2n) is 3.74. The molecule has 0 amide bonds. The first kappa shape index (κ1) is 15.5. The Morgan fingerprint density at radius 2 is 1.94 bits per heavy atom. The quantitative estimate of drug-likeness (QED) is 0.487. The van der Waals surface area contributed by atoms with Crippen LogP contribution < -0.4 is 0 Å². The van der Waals surface area contributed by atoms with E-state index in [1.807, 2.05) is 0 Å². The van der Waals surface area contributed by atoms with Gasteiger partial charge in [-0.15, -0.1) is 0 Å². The number of hydrogen-bond donors (Lipinski definition) is 0. The number of thioether (sulfide) groups is 1. The molecule has 16 heavy (non-hydrogen) atoms. The zero-order valence-corrected chi connectivity index (χ0v) is 11.3. The van der Waals surface area contributed by atoms with Gasteiger partial charge in [0.15, 0.2) is 5.12 Å². The number of unbranched alkanes of at least 4 members (excludes halogenated alkanes) is 2. The molecule has 3 nitrogen and oxygen atoms in total. The largest absolute Gasteiger partial charge is 0.466 e. The third-order valence-corrected chi connectivity index (χ3v) is 3.23. The van der Waals surface area contributed by atoms with E-state index < -0.39 is 0 Å². The van der Waals surface area contributed by atoms with E-state index in [0.29, 0.717) is 13.0 Å². The zero-order valence-electron chi connectivity index (χ0n) is 10.5. The molecule has 0 aliphatic rings. The molecule has 0 aliphatic carbocycles. The number of ether oxygens (including phenoxy) is 1. The molecular formula is C12H22O3S. The van der Waals surface area contributed by atoms with E-state index in [1.54, 1.807) is 13.8 Å². The summed E-state index contributed by atoms with van der Waals surface area (Å²) in [5.74, 6) is -0.197. The lowest BCUT2D eigenvalue weighted by atomic mass is 10.1. The van der Waals surface area contributed by atoms with E-state index in [1.165, 1.54) is 11.8 Å². The predicted molar refractivity (Wildman–Crippen MR) is 67.5 cm³/mol. The summed E-state index contributed by atoms with van der Waals surface area (Å²) in [5.41, 5.74) is 0. The fourth-order valence-corrected chi connectivity index (χ4v) is 2.44. The summed E-state index contributed by atoms with van der Waals surface area (Å²) in [4.78, 5) is 22.4. The molecular weight excluding hydrogens is 224 g/mol. The normalized spacial score (nSPS) is 12.2. The first-order valence-corrected chi connectivity index (χ1v) is 6.80. The van der Waals surface area contributed by atoms with Gasteiger partial charge < -0.3 is 4.74 Å². The monoisotopic (exact) mass is 246 g/mol. The number of rotatable bonds is 8. The molecule has 94 valence electrons. The molecule has 0 aromatic heterocycles. The topological polar surface area (TPSA) is 43.4 Å². The van der Waals surface area contributed by atoms with Crippen molar-refractivity contribution < 1.29 is 14.3 Å². The third-order valence-electron chi connectivity index (χ3n) is 2.16. The van der Waals surface area contributed by atoms with Gasteiger partial charge in [-0.3, -0.25) is 9.59 Å². The molecule has 0 bridgehead atoms. The third kappa shape index (κ3) is 8.77. The highest BCUT2D eigenvalue weighted by atomic mass is 32.2. The van der Waals surface area contributed by atoms with Crippen LogP contribution in [0, 0.1) is 0 Å². The van der Waals surface area contributed by atoms with Crippen LogP contribution >= 0.6 is 11.8 Å². The van der Waals surface area contributed by atoms with Crippen molar-refractivity contribution in [3.8, 4) is 0 Å². The Morgan fingerprint density at radius 1 is 1.25 bits per heavy atom. The Hall–Kier alpha value is -0.510. The molecule has 0 saturated heterocycles. The van der Waals surface area contributed by atoms with Crippen LogP contribution in [-0.2, 0) is 14.3 Å². The summed E-state index contributed by atoms with van der Waals surface area (Å²) in [5, 5.41) is 0.161. The minimum absolute atomic E-state index is 0.0748. The number of hydrogen-bond acceptors (Lipinski definition) is 4. The fourth-order valence-electron chi connectivity index (χ4n) is 1.47. The second kappa shape index (κ2) is 9.70. The van der Waals surface area contributed by atoms with Gasteiger partial charge >= 0.3 is 5.97 Å². The SMILES string of the molecule is CCCCCC(CC(=O)OCC)SC(C)=O. The molecule has 0 N–H and O–H groups in total. The van der Waals surface area contributed by atoms with Gasteiger partial charge in [-0.25, -0.2) is 0 Å². The van der Waals surface area contributed by atoms with Gasteiger partial charge in [0.2, 0.25) is 0 Å². The van der Waals surface area contributed by atoms with Crippen LogP contribution in [0.2, 0.25) is 0 Å². The molecule has 0 aromatic carbocycles. The van der Waals surface area contributed by atoms with E-state index in [0.717, 1.165) is 25.7 Å². The Kier molecular flexibility index (Phi) is 9.39. The van der Waals surface area contributed by atoms with Crippen LogP contribution in [0.4, 0.5) is 0 Å². The Bertz CT molecular complexity index is 216. The van der Waals surface area contributed by atoms with Gasteiger partial charge in [0.05, 0.1) is 13.0 Å². The summed E-state index contributed by atoms with van der Waals surface area (Å²) in [6.45, 7) is 5.88. The molecule has 0 aliphatic heterocycles. The lowest BCUT2D eigenvalue weighted by Gasteiger charge is -2.13. The van der Waals surface area contributed by atoms with Crippen molar-refractivity contribution in [3.63, 3.8) is 0 Å². The zero-order chi connectivity index (χ0) is 12.4. The van der Waals surface area contributed by atoms with Crippen LogP contribution in [0.15, 0.2) is 0 Å². The van der Waals surface area contributed by atoms with Gasteiger partial charge in [-0.2, -0.15) is 0 Å². The average molecular weight is 246 g/mol. The second-order valence-corrected chi connectivity index (χ2v) is 5.21. The maximum absolute atomic E-state index is 11.3. The van der Waals surface area contributed by atoms with E-state index >= 15 is 0 Å². The van der Waals surface area contributed by atoms with Gasteiger partial charge in [0.1, 0.15) is 0 Å². The van der Waals surface area contributed by atoms with Crippen molar-refractivity contribution in [1.82, 2.24) is 0 Å². The van der Waals surface area contributed by atoms with Crippen LogP contribution in [-0.4, -0.2) is 22.9 Å². The highest BCUT2D eigenvalue weighted by Crippen LogP contribution is 2.22. The van der Waals surface area contributed by atoms with E-state index in [4.69, 9.17) is 4.74 Å². The smallest absolute Gasteiger partial charge is 0.306 e. The average Bonchev–Trinajstić information content (AvgIpc) is 2.17. The molecule has 0 spiro atoms. The molecule has 0 rings (SSSR count). The van der Waals surface area contributed by atoms with Crippen LogP contribution in [0.5, 0.6) is 0 Å². The molecule has 0 heterocycles. The Labute approximate surface area is 102 Å². The molecule has 0 aromatic rings. The highest BCUT2D eigenvalue weighted by molar-refractivity contribution is 8.14. The van der Waals surface area contributed by atoms with Crippen molar-refractivity contribution >= 4 is 22.8 Å². The number of esters is 1. The van der Waals surface area contributed by atoms with E-state index in [-0.39, 0.29) is 16.3 Å². The van der Waals surface area contributed by atoms with Gasteiger partial charge in [0.25, 0.3) is 0 Å². The summed E-state index contributed by atoms with van der Waals surface area (Å²) in [6, 6.07) is 0. The van der Waals surface area contributed by atoms with Crippen molar-refractivity contribution in [2.75, 3.05) is 6.61 Å². The summed E-state index contributed by atoms with van der Waals surface area (Å²) in [7, 11) is 0. The maximum atomic E-state index is 11.3. The van der Waals surface area contributed by atoms with Gasteiger partial charge in [-0.05, 0) is 13.3 Å². The number of carbonyl (C=O) groups excluding carboxylic acids is 2. The minimum Gasteiger partial charge on any atom is -0.466 e. The molecule has 4 heteroatoms. The minimum atomic E-state index is -0.197. The first-order chi connectivity index (χ1) is 7.60. The van der Waals surface area contributed by atoms with Crippen LogP contribution in [0.3, 0.4) is 0 Å². The molecule has 0 radical (unpaired) electrons. The lowest BCUT2D eigenvalue weighted by molar-refractivity contribution is -0.143. The Morgan fingerprint density at radius 3 is 2.44 bits per heavy atom. The summed E-state index contributed by atoms with van der Waals surface area (Å²) >= 11 is 1.26. The standard InChI is InChI=1S/C12H22O3S/c1-4-6-7-8-11(16-10(3)13)9-12(14)15-5-2/h11H,4-9H2,1-3H3.